The molecule has 130 valence electrons. The minimum atomic E-state index is 0.00387. The molecule has 1 saturated carbocycles. The highest BCUT2D eigenvalue weighted by molar-refractivity contribution is 6.06. The topological polar surface area (TPSA) is 50.1 Å². The monoisotopic (exact) mass is 327 g/mol. The number of carbonyl (C=O) groups excluding carboxylic acids is 1. The maximum Gasteiger partial charge on any atom is 0.218 e. The van der Waals surface area contributed by atoms with Crippen molar-refractivity contribution in [2.24, 2.45) is 11.3 Å². The Morgan fingerprint density at radius 3 is 2.38 bits per heavy atom. The lowest BCUT2D eigenvalue weighted by Crippen LogP contribution is -2.30. The first-order valence-electron chi connectivity index (χ1n) is 8.68. The molecule has 3 nitrogen and oxygen atoms in total. The molecule has 0 bridgehead atoms. The van der Waals surface area contributed by atoms with E-state index < -0.39 is 0 Å². The molecule has 3 heteroatoms. The quantitative estimate of drug-likeness (QED) is 0.313. The van der Waals surface area contributed by atoms with E-state index in [1.54, 1.807) is 0 Å². The molecule has 2 aliphatic carbocycles. The smallest absolute Gasteiger partial charge is 0.218 e. The van der Waals surface area contributed by atoms with E-state index >= 15 is 0 Å². The van der Waals surface area contributed by atoms with Crippen LogP contribution in [-0.4, -0.2) is 11.7 Å². The predicted octanol–water partition coefficient (Wildman–Crippen LogP) is 5.50. The van der Waals surface area contributed by atoms with Crippen LogP contribution in [0, 0.1) is 16.7 Å². The summed E-state index contributed by atoms with van der Waals surface area (Å²) in [5, 5.41) is 8.28. The van der Waals surface area contributed by atoms with E-state index in [-0.39, 0.29) is 17.1 Å². The summed E-state index contributed by atoms with van der Waals surface area (Å²) < 4.78 is 5.26. The van der Waals surface area contributed by atoms with E-state index in [0.717, 1.165) is 41.6 Å². The minimum Gasteiger partial charge on any atom is -0.447 e. The SMILES string of the molecule is C=COC(=N)/C(C(=C)C)=C(/C1=C(C)CC(C)(C)CC1=O)C1CCC1. The van der Waals surface area contributed by atoms with Crippen molar-refractivity contribution in [1.82, 2.24) is 0 Å². The van der Waals surface area contributed by atoms with Gasteiger partial charge >= 0.3 is 0 Å². The van der Waals surface area contributed by atoms with Crippen molar-refractivity contribution in [3.63, 3.8) is 0 Å². The molecule has 0 aliphatic heterocycles. The maximum absolute atomic E-state index is 13.0. The van der Waals surface area contributed by atoms with Crippen molar-refractivity contribution in [3.8, 4) is 0 Å². The molecular weight excluding hydrogens is 298 g/mol. The summed E-state index contributed by atoms with van der Waals surface area (Å²) in [5.41, 5.74) is 4.39. The fourth-order valence-electron chi connectivity index (χ4n) is 3.93. The molecular formula is C21H29NO2. The molecule has 0 saturated heterocycles. The Bertz CT molecular complexity index is 657. The summed E-state index contributed by atoms with van der Waals surface area (Å²) in [6, 6.07) is 0. The van der Waals surface area contributed by atoms with Gasteiger partial charge in [0.05, 0.1) is 6.26 Å². The van der Waals surface area contributed by atoms with Crippen molar-refractivity contribution in [1.29, 1.82) is 5.41 Å². The Hall–Kier alpha value is -1.90. The van der Waals surface area contributed by atoms with Crippen molar-refractivity contribution in [2.75, 3.05) is 0 Å². The molecule has 2 rings (SSSR count). The van der Waals surface area contributed by atoms with E-state index in [1.807, 2.05) is 6.92 Å². The predicted molar refractivity (Wildman–Crippen MR) is 98.9 cm³/mol. The molecule has 0 aromatic rings. The number of hydrogen-bond acceptors (Lipinski definition) is 3. The van der Waals surface area contributed by atoms with Gasteiger partial charge in [0.25, 0.3) is 0 Å². The lowest BCUT2D eigenvalue weighted by Gasteiger charge is -2.37. The number of hydrogen-bond donors (Lipinski definition) is 1. The summed E-state index contributed by atoms with van der Waals surface area (Å²) in [4.78, 5) is 13.0. The lowest BCUT2D eigenvalue weighted by molar-refractivity contribution is -0.117. The van der Waals surface area contributed by atoms with Crippen LogP contribution in [-0.2, 0) is 9.53 Å². The van der Waals surface area contributed by atoms with Gasteiger partial charge in [-0.2, -0.15) is 0 Å². The van der Waals surface area contributed by atoms with E-state index in [1.165, 1.54) is 12.7 Å². The summed E-state index contributed by atoms with van der Waals surface area (Å²) in [6.07, 6.45) is 6.00. The van der Waals surface area contributed by atoms with Gasteiger partial charge in [-0.15, -0.1) is 0 Å². The largest absolute Gasteiger partial charge is 0.447 e. The summed E-state index contributed by atoms with van der Waals surface area (Å²) in [7, 11) is 0. The van der Waals surface area contributed by atoms with Crippen LogP contribution in [0.5, 0.6) is 0 Å². The second-order valence-electron chi connectivity index (χ2n) is 7.91. The summed E-state index contributed by atoms with van der Waals surface area (Å²) in [5.74, 6) is 0.550. The highest BCUT2D eigenvalue weighted by Crippen LogP contribution is 2.46. The van der Waals surface area contributed by atoms with Gasteiger partial charge in [0.15, 0.2) is 5.78 Å². The standard InChI is InChI=1S/C21H29NO2/c1-7-24-20(22)17(13(2)3)19(15-9-8-10-15)18-14(4)11-21(5,6)12-16(18)23/h7,15,22H,1-2,8-12H2,3-6H3/b19-17+,22-20?. The highest BCUT2D eigenvalue weighted by Gasteiger charge is 2.38. The zero-order valence-electron chi connectivity index (χ0n) is 15.4. The van der Waals surface area contributed by atoms with Crippen LogP contribution in [0.4, 0.5) is 0 Å². The number of ether oxygens (including phenoxy) is 1. The second kappa shape index (κ2) is 6.92. The fraction of sp³-hybridized carbons (Fsp3) is 0.524. The molecule has 0 radical (unpaired) electrons. The van der Waals surface area contributed by atoms with Crippen LogP contribution in [0.15, 0.2) is 47.3 Å². The molecule has 24 heavy (non-hydrogen) atoms. The molecule has 0 spiro atoms. The Kier molecular flexibility index (Phi) is 5.32. The molecule has 0 aromatic heterocycles. The third-order valence-corrected chi connectivity index (χ3v) is 5.00. The van der Waals surface area contributed by atoms with Crippen molar-refractivity contribution >= 4 is 11.7 Å². The van der Waals surface area contributed by atoms with Gasteiger partial charge in [0, 0.05) is 17.6 Å². The molecule has 2 aliphatic rings. The van der Waals surface area contributed by atoms with Crippen LogP contribution < -0.4 is 0 Å². The Labute approximate surface area is 145 Å². The first-order chi connectivity index (χ1) is 11.2. The number of Topliss-reactive ketones (excluding diaryl/α,β-unsaturated/α-hetero) is 1. The molecule has 0 heterocycles. The van der Waals surface area contributed by atoms with Crippen LogP contribution in [0.3, 0.4) is 0 Å². The van der Waals surface area contributed by atoms with Gasteiger partial charge in [0.1, 0.15) is 0 Å². The van der Waals surface area contributed by atoms with E-state index in [4.69, 9.17) is 10.1 Å². The third kappa shape index (κ3) is 3.61. The van der Waals surface area contributed by atoms with Crippen molar-refractivity contribution < 1.29 is 9.53 Å². The molecule has 0 atom stereocenters. The van der Waals surface area contributed by atoms with Crippen LogP contribution in [0.25, 0.3) is 0 Å². The summed E-state index contributed by atoms with van der Waals surface area (Å²) >= 11 is 0. The average molecular weight is 327 g/mol. The highest BCUT2D eigenvalue weighted by atomic mass is 16.5. The van der Waals surface area contributed by atoms with E-state index in [2.05, 4.69) is 33.9 Å². The number of allylic oxidation sites excluding steroid dienone is 3. The molecule has 0 amide bonds. The number of carbonyl (C=O) groups is 1. The van der Waals surface area contributed by atoms with Crippen molar-refractivity contribution in [3.05, 3.63) is 47.3 Å². The molecule has 1 fully saturated rings. The number of ketones is 1. The Morgan fingerprint density at radius 2 is 1.96 bits per heavy atom. The molecule has 0 unspecified atom stereocenters. The van der Waals surface area contributed by atoms with Crippen LogP contribution in [0.2, 0.25) is 0 Å². The number of nitrogens with one attached hydrogen (secondary N) is 1. The van der Waals surface area contributed by atoms with Crippen LogP contribution >= 0.6 is 0 Å². The summed E-state index contributed by atoms with van der Waals surface area (Å²) in [6.45, 7) is 15.8. The lowest BCUT2D eigenvalue weighted by atomic mass is 9.66. The van der Waals surface area contributed by atoms with Gasteiger partial charge in [0.2, 0.25) is 5.90 Å². The van der Waals surface area contributed by atoms with Crippen molar-refractivity contribution in [2.45, 2.75) is 59.8 Å². The minimum absolute atomic E-state index is 0.00387. The van der Waals surface area contributed by atoms with Gasteiger partial charge in [-0.05, 0) is 55.6 Å². The Balaban J connectivity index is 2.66. The Morgan fingerprint density at radius 1 is 1.33 bits per heavy atom. The molecule has 1 N–H and O–H groups in total. The van der Waals surface area contributed by atoms with Gasteiger partial charge < -0.3 is 4.74 Å². The zero-order valence-corrected chi connectivity index (χ0v) is 15.4. The van der Waals surface area contributed by atoms with Gasteiger partial charge in [-0.1, -0.05) is 39.0 Å². The molecule has 0 aromatic carbocycles. The zero-order chi connectivity index (χ0) is 18.1. The first-order valence-corrected chi connectivity index (χ1v) is 8.68. The van der Waals surface area contributed by atoms with Gasteiger partial charge in [-0.25, -0.2) is 0 Å². The second-order valence-corrected chi connectivity index (χ2v) is 7.91. The average Bonchev–Trinajstić information content (AvgIpc) is 2.33. The first kappa shape index (κ1) is 18.4. The van der Waals surface area contributed by atoms with Gasteiger partial charge in [-0.3, -0.25) is 10.2 Å². The number of rotatable bonds is 5. The van der Waals surface area contributed by atoms with E-state index in [0.29, 0.717) is 17.9 Å². The maximum atomic E-state index is 13.0. The van der Waals surface area contributed by atoms with Crippen LogP contribution in [0.1, 0.15) is 59.8 Å². The fourth-order valence-corrected chi connectivity index (χ4v) is 3.93. The third-order valence-electron chi connectivity index (χ3n) is 5.00. The van der Waals surface area contributed by atoms with E-state index in [9.17, 15) is 4.79 Å². The normalized spacial score (nSPS) is 21.8.